The molecule has 2 aliphatic rings. The van der Waals surface area contributed by atoms with Crippen LogP contribution in [0.15, 0.2) is 12.1 Å². The molecule has 1 aliphatic carbocycles. The Kier molecular flexibility index (Phi) is 7.03. The number of ether oxygens (including phenoxy) is 1. The van der Waals surface area contributed by atoms with Gasteiger partial charge in [-0.1, -0.05) is 6.92 Å². The van der Waals surface area contributed by atoms with Crippen LogP contribution in [0.25, 0.3) is 0 Å². The standard InChI is InChI=1S/C21H30F3N3O2/c1-3-29-20-17(8-9-18(26-20)21(22,23)24)19(28)25-15-4-6-16(7-5-15)27-12-10-14(2)11-13-27/h8-9,14-16H,3-7,10-13H2,1-2H3,(H,25,28). The topological polar surface area (TPSA) is 54.5 Å². The Morgan fingerprint density at radius 2 is 1.83 bits per heavy atom. The molecule has 0 spiro atoms. The number of carbonyl (C=O) groups is 1. The summed E-state index contributed by atoms with van der Waals surface area (Å²) < 4.78 is 43.9. The minimum absolute atomic E-state index is 0.0271. The molecule has 1 saturated heterocycles. The van der Waals surface area contributed by atoms with E-state index >= 15 is 0 Å². The fourth-order valence-corrected chi connectivity index (χ4v) is 4.26. The summed E-state index contributed by atoms with van der Waals surface area (Å²) in [4.78, 5) is 18.8. The molecule has 162 valence electrons. The number of nitrogens with one attached hydrogen (secondary N) is 1. The van der Waals surface area contributed by atoms with Gasteiger partial charge in [0.1, 0.15) is 11.3 Å². The van der Waals surface area contributed by atoms with Crippen molar-refractivity contribution in [3.05, 3.63) is 23.4 Å². The molecule has 0 bridgehead atoms. The molecule has 0 unspecified atom stereocenters. The molecule has 1 aromatic rings. The van der Waals surface area contributed by atoms with E-state index < -0.39 is 17.8 Å². The maximum atomic E-state index is 12.9. The van der Waals surface area contributed by atoms with Gasteiger partial charge in [-0.25, -0.2) is 4.98 Å². The van der Waals surface area contributed by atoms with Gasteiger partial charge in [-0.3, -0.25) is 4.79 Å². The molecule has 2 fully saturated rings. The van der Waals surface area contributed by atoms with Crippen molar-refractivity contribution in [3.63, 3.8) is 0 Å². The number of hydrogen-bond donors (Lipinski definition) is 1. The third kappa shape index (κ3) is 5.62. The monoisotopic (exact) mass is 413 g/mol. The number of piperidine rings is 1. The van der Waals surface area contributed by atoms with Gasteiger partial charge in [0.15, 0.2) is 0 Å². The Morgan fingerprint density at radius 1 is 1.17 bits per heavy atom. The molecule has 1 aliphatic heterocycles. The van der Waals surface area contributed by atoms with Gasteiger partial charge in [0, 0.05) is 12.1 Å². The van der Waals surface area contributed by atoms with E-state index in [2.05, 4.69) is 22.1 Å². The summed E-state index contributed by atoms with van der Waals surface area (Å²) in [6.07, 6.45) is 1.73. The molecule has 1 amide bonds. The van der Waals surface area contributed by atoms with Crippen molar-refractivity contribution in [2.24, 2.45) is 5.92 Å². The summed E-state index contributed by atoms with van der Waals surface area (Å²) >= 11 is 0. The molecule has 1 N–H and O–H groups in total. The molecule has 2 heterocycles. The smallest absolute Gasteiger partial charge is 0.433 e. The fourth-order valence-electron chi connectivity index (χ4n) is 4.26. The van der Waals surface area contributed by atoms with Crippen LogP contribution < -0.4 is 10.1 Å². The highest BCUT2D eigenvalue weighted by Gasteiger charge is 2.34. The van der Waals surface area contributed by atoms with Crippen LogP contribution >= 0.6 is 0 Å². The molecule has 1 saturated carbocycles. The van der Waals surface area contributed by atoms with E-state index in [1.807, 2.05) is 0 Å². The first-order chi connectivity index (χ1) is 13.8. The summed E-state index contributed by atoms with van der Waals surface area (Å²) in [5.74, 6) is 0.111. The third-order valence-electron chi connectivity index (χ3n) is 6.04. The van der Waals surface area contributed by atoms with Gasteiger partial charge in [-0.15, -0.1) is 0 Å². The predicted molar refractivity (Wildman–Crippen MR) is 104 cm³/mol. The number of hydrogen-bond acceptors (Lipinski definition) is 4. The molecule has 0 radical (unpaired) electrons. The van der Waals surface area contributed by atoms with Crippen LogP contribution in [-0.2, 0) is 6.18 Å². The average Bonchev–Trinajstić information content (AvgIpc) is 2.69. The molecule has 1 aromatic heterocycles. The van der Waals surface area contributed by atoms with E-state index in [9.17, 15) is 18.0 Å². The lowest BCUT2D eigenvalue weighted by Gasteiger charge is -2.40. The zero-order chi connectivity index (χ0) is 21.0. The van der Waals surface area contributed by atoms with Crippen LogP contribution in [0.2, 0.25) is 0 Å². The van der Waals surface area contributed by atoms with Crippen molar-refractivity contribution in [1.29, 1.82) is 0 Å². The largest absolute Gasteiger partial charge is 0.477 e. The van der Waals surface area contributed by atoms with Crippen molar-refractivity contribution in [3.8, 4) is 5.88 Å². The number of pyridine rings is 1. The molecular formula is C21H30F3N3O2. The molecular weight excluding hydrogens is 383 g/mol. The van der Waals surface area contributed by atoms with E-state index in [0.29, 0.717) is 6.04 Å². The SMILES string of the molecule is CCOc1nc(C(F)(F)F)ccc1C(=O)NC1CCC(N2CCC(C)CC2)CC1. The van der Waals surface area contributed by atoms with Gasteiger partial charge in [0.25, 0.3) is 5.91 Å². The molecule has 3 rings (SSSR count). The molecule has 0 aromatic carbocycles. The second-order valence-electron chi connectivity index (χ2n) is 8.18. The number of amides is 1. The highest BCUT2D eigenvalue weighted by atomic mass is 19.4. The van der Waals surface area contributed by atoms with Crippen LogP contribution in [-0.4, -0.2) is 47.6 Å². The maximum absolute atomic E-state index is 12.9. The minimum atomic E-state index is -4.58. The average molecular weight is 413 g/mol. The van der Waals surface area contributed by atoms with E-state index in [-0.39, 0.29) is 24.1 Å². The number of likely N-dealkylation sites (tertiary alicyclic amines) is 1. The van der Waals surface area contributed by atoms with Crippen molar-refractivity contribution in [2.75, 3.05) is 19.7 Å². The van der Waals surface area contributed by atoms with E-state index in [4.69, 9.17) is 4.74 Å². The summed E-state index contributed by atoms with van der Waals surface area (Å²) in [6, 6.07) is 2.57. The summed E-state index contributed by atoms with van der Waals surface area (Å²) in [5.41, 5.74) is -1.01. The third-order valence-corrected chi connectivity index (χ3v) is 6.04. The van der Waals surface area contributed by atoms with Gasteiger partial charge in [-0.05, 0) is 76.6 Å². The van der Waals surface area contributed by atoms with Crippen LogP contribution in [0.5, 0.6) is 5.88 Å². The van der Waals surface area contributed by atoms with Gasteiger partial charge >= 0.3 is 6.18 Å². The number of nitrogens with zero attached hydrogens (tertiary/aromatic N) is 2. The lowest BCUT2D eigenvalue weighted by molar-refractivity contribution is -0.141. The lowest BCUT2D eigenvalue weighted by Crippen LogP contribution is -2.46. The van der Waals surface area contributed by atoms with Crippen LogP contribution in [0.1, 0.15) is 68.4 Å². The van der Waals surface area contributed by atoms with Crippen LogP contribution in [0.4, 0.5) is 13.2 Å². The first-order valence-corrected chi connectivity index (χ1v) is 10.5. The van der Waals surface area contributed by atoms with Gasteiger partial charge < -0.3 is 15.0 Å². The summed E-state index contributed by atoms with van der Waals surface area (Å²) in [7, 11) is 0. The van der Waals surface area contributed by atoms with Crippen LogP contribution in [0.3, 0.4) is 0 Å². The normalized spacial score (nSPS) is 24.3. The molecule has 8 heteroatoms. The van der Waals surface area contributed by atoms with Crippen molar-refractivity contribution >= 4 is 5.91 Å². The second kappa shape index (κ2) is 9.32. The van der Waals surface area contributed by atoms with E-state index in [1.165, 1.54) is 12.8 Å². The maximum Gasteiger partial charge on any atom is 0.433 e. The zero-order valence-corrected chi connectivity index (χ0v) is 17.1. The van der Waals surface area contributed by atoms with E-state index in [0.717, 1.165) is 56.8 Å². The van der Waals surface area contributed by atoms with Gasteiger partial charge in [0.05, 0.1) is 6.61 Å². The Balaban J connectivity index is 1.58. The Morgan fingerprint density at radius 3 is 2.41 bits per heavy atom. The quantitative estimate of drug-likeness (QED) is 0.783. The molecule has 0 atom stereocenters. The molecule has 29 heavy (non-hydrogen) atoms. The first-order valence-electron chi connectivity index (χ1n) is 10.5. The predicted octanol–water partition coefficient (Wildman–Crippen LogP) is 4.27. The van der Waals surface area contributed by atoms with Crippen molar-refractivity contribution in [1.82, 2.24) is 15.2 Å². The minimum Gasteiger partial charge on any atom is -0.477 e. The highest BCUT2D eigenvalue weighted by Crippen LogP contribution is 2.31. The Labute approximate surface area is 170 Å². The van der Waals surface area contributed by atoms with Crippen molar-refractivity contribution in [2.45, 2.75) is 70.6 Å². The summed E-state index contributed by atoms with van der Waals surface area (Å²) in [6.45, 7) is 6.38. The summed E-state index contributed by atoms with van der Waals surface area (Å²) in [5, 5.41) is 2.96. The first kappa shape index (κ1) is 21.9. The highest BCUT2D eigenvalue weighted by molar-refractivity contribution is 5.96. The number of carbonyl (C=O) groups excluding carboxylic acids is 1. The number of halogens is 3. The van der Waals surface area contributed by atoms with Crippen molar-refractivity contribution < 1.29 is 22.7 Å². The lowest BCUT2D eigenvalue weighted by atomic mass is 9.88. The van der Waals surface area contributed by atoms with Crippen LogP contribution in [0, 0.1) is 5.92 Å². The van der Waals surface area contributed by atoms with Gasteiger partial charge in [-0.2, -0.15) is 13.2 Å². The van der Waals surface area contributed by atoms with E-state index in [1.54, 1.807) is 6.92 Å². The number of aromatic nitrogens is 1. The Bertz CT molecular complexity index is 695. The zero-order valence-electron chi connectivity index (χ0n) is 17.1. The Hall–Kier alpha value is -1.83. The number of rotatable bonds is 5. The van der Waals surface area contributed by atoms with Gasteiger partial charge in [0.2, 0.25) is 5.88 Å². The molecule has 5 nitrogen and oxygen atoms in total. The second-order valence-corrected chi connectivity index (χ2v) is 8.18. The number of alkyl halides is 3. The fraction of sp³-hybridized carbons (Fsp3) is 0.714.